The average Bonchev–Trinajstić information content (AvgIpc) is 3.18. The number of carbonyl (C=O) groups excluding carboxylic acids is 1. The van der Waals surface area contributed by atoms with E-state index in [2.05, 4.69) is 42.1 Å². The van der Waals surface area contributed by atoms with Crippen LogP contribution in [-0.2, 0) is 16.1 Å². The van der Waals surface area contributed by atoms with Gasteiger partial charge in [-0.05, 0) is 24.6 Å². The van der Waals surface area contributed by atoms with Crippen molar-refractivity contribution in [2.45, 2.75) is 23.9 Å². The van der Waals surface area contributed by atoms with Crippen molar-refractivity contribution < 1.29 is 9.53 Å². The third kappa shape index (κ3) is 5.55. The molecule has 31 heavy (non-hydrogen) atoms. The Morgan fingerprint density at radius 1 is 1.19 bits per heavy atom. The SMILES string of the molecule is C[C@@H](Sc1nnc(N2CCOCC2)n1Cc1ccccc1)C(=O)Nc1ccc(Cl)cn1. The van der Waals surface area contributed by atoms with E-state index in [9.17, 15) is 4.79 Å². The molecule has 1 aromatic carbocycles. The number of amides is 1. The number of benzene rings is 1. The van der Waals surface area contributed by atoms with Crippen LogP contribution in [0.4, 0.5) is 11.8 Å². The highest BCUT2D eigenvalue weighted by Gasteiger charge is 2.24. The number of pyridine rings is 1. The van der Waals surface area contributed by atoms with Crippen LogP contribution in [0.2, 0.25) is 5.02 Å². The maximum atomic E-state index is 12.7. The fraction of sp³-hybridized carbons (Fsp3) is 0.333. The third-order valence-corrected chi connectivity index (χ3v) is 6.11. The molecule has 4 rings (SSSR count). The van der Waals surface area contributed by atoms with E-state index in [1.807, 2.05) is 25.1 Å². The molecule has 0 radical (unpaired) electrons. The molecule has 0 spiro atoms. The Bertz CT molecular complexity index is 1010. The second-order valence-electron chi connectivity index (χ2n) is 7.06. The second-order valence-corrected chi connectivity index (χ2v) is 8.81. The third-order valence-electron chi connectivity index (χ3n) is 4.80. The van der Waals surface area contributed by atoms with Gasteiger partial charge in [-0.25, -0.2) is 4.98 Å². The number of nitrogens with one attached hydrogen (secondary N) is 1. The van der Waals surface area contributed by atoms with Crippen LogP contribution in [0, 0.1) is 0 Å². The van der Waals surface area contributed by atoms with Crippen LogP contribution in [0.25, 0.3) is 0 Å². The van der Waals surface area contributed by atoms with E-state index < -0.39 is 5.25 Å². The first-order valence-electron chi connectivity index (χ1n) is 9.99. The molecule has 0 bridgehead atoms. The molecule has 3 aromatic rings. The number of anilines is 2. The Hall–Kier alpha value is -2.62. The Morgan fingerprint density at radius 3 is 2.68 bits per heavy atom. The molecule has 1 fully saturated rings. The van der Waals surface area contributed by atoms with Gasteiger partial charge in [-0.15, -0.1) is 10.2 Å². The molecule has 1 atom stereocenters. The van der Waals surface area contributed by atoms with Crippen molar-refractivity contribution in [3.63, 3.8) is 0 Å². The number of aromatic nitrogens is 4. The van der Waals surface area contributed by atoms with Crippen molar-refractivity contribution in [1.29, 1.82) is 0 Å². The predicted octanol–water partition coefficient (Wildman–Crippen LogP) is 3.33. The minimum atomic E-state index is -0.395. The second kappa shape index (κ2) is 10.1. The van der Waals surface area contributed by atoms with Crippen LogP contribution in [0.1, 0.15) is 12.5 Å². The lowest BCUT2D eigenvalue weighted by molar-refractivity contribution is -0.115. The zero-order valence-corrected chi connectivity index (χ0v) is 18.6. The minimum absolute atomic E-state index is 0.165. The van der Waals surface area contributed by atoms with Gasteiger partial charge in [0.2, 0.25) is 11.9 Å². The van der Waals surface area contributed by atoms with E-state index in [0.717, 1.165) is 24.6 Å². The van der Waals surface area contributed by atoms with Gasteiger partial charge in [-0.3, -0.25) is 9.36 Å². The number of carbonyl (C=O) groups is 1. The lowest BCUT2D eigenvalue weighted by Crippen LogP contribution is -2.38. The highest BCUT2D eigenvalue weighted by atomic mass is 35.5. The van der Waals surface area contributed by atoms with Gasteiger partial charge in [0, 0.05) is 19.3 Å². The molecule has 0 aliphatic carbocycles. The Kier molecular flexibility index (Phi) is 7.06. The van der Waals surface area contributed by atoms with Gasteiger partial charge in [0.1, 0.15) is 5.82 Å². The quantitative estimate of drug-likeness (QED) is 0.543. The molecule has 1 amide bonds. The van der Waals surface area contributed by atoms with Crippen molar-refractivity contribution in [3.05, 3.63) is 59.2 Å². The van der Waals surface area contributed by atoms with Crippen LogP contribution < -0.4 is 10.2 Å². The van der Waals surface area contributed by atoms with Gasteiger partial charge in [0.15, 0.2) is 5.16 Å². The zero-order chi connectivity index (χ0) is 21.6. The van der Waals surface area contributed by atoms with Gasteiger partial charge in [-0.2, -0.15) is 0 Å². The first kappa shape index (κ1) is 21.6. The maximum absolute atomic E-state index is 12.7. The largest absolute Gasteiger partial charge is 0.378 e. The average molecular weight is 459 g/mol. The van der Waals surface area contributed by atoms with E-state index in [4.69, 9.17) is 16.3 Å². The molecule has 8 nitrogen and oxygen atoms in total. The van der Waals surface area contributed by atoms with Crippen molar-refractivity contribution in [2.75, 3.05) is 36.5 Å². The summed E-state index contributed by atoms with van der Waals surface area (Å²) in [6.07, 6.45) is 1.50. The molecule has 3 heterocycles. The number of ether oxygens (including phenoxy) is 1. The number of hydrogen-bond donors (Lipinski definition) is 1. The monoisotopic (exact) mass is 458 g/mol. The number of halogens is 1. The molecular weight excluding hydrogens is 436 g/mol. The summed E-state index contributed by atoms with van der Waals surface area (Å²) in [5.74, 6) is 1.09. The van der Waals surface area contributed by atoms with E-state index in [1.165, 1.54) is 18.0 Å². The first-order chi connectivity index (χ1) is 15.1. The summed E-state index contributed by atoms with van der Waals surface area (Å²) in [4.78, 5) is 19.0. The van der Waals surface area contributed by atoms with Crippen LogP contribution >= 0.6 is 23.4 Å². The maximum Gasteiger partial charge on any atom is 0.238 e. The molecule has 10 heteroatoms. The van der Waals surface area contributed by atoms with Gasteiger partial charge >= 0.3 is 0 Å². The fourth-order valence-corrected chi connectivity index (χ4v) is 4.11. The van der Waals surface area contributed by atoms with Gasteiger partial charge < -0.3 is 15.0 Å². The zero-order valence-electron chi connectivity index (χ0n) is 17.1. The standard InChI is InChI=1S/C21H23ClN6O2S/c1-15(19(29)24-18-8-7-17(22)13-23-18)31-21-26-25-20(27-9-11-30-12-10-27)28(21)14-16-5-3-2-4-6-16/h2-8,13,15H,9-12,14H2,1H3,(H,23,24,29)/t15-/m1/s1. The molecule has 1 aliphatic heterocycles. The molecule has 162 valence electrons. The summed E-state index contributed by atoms with van der Waals surface area (Å²) in [7, 11) is 0. The molecule has 1 N–H and O–H groups in total. The normalized spacial score (nSPS) is 15.0. The minimum Gasteiger partial charge on any atom is -0.378 e. The summed E-state index contributed by atoms with van der Waals surface area (Å²) < 4.78 is 7.54. The van der Waals surface area contributed by atoms with Gasteiger partial charge in [-0.1, -0.05) is 53.7 Å². The van der Waals surface area contributed by atoms with Crippen molar-refractivity contribution in [1.82, 2.24) is 19.7 Å². The number of hydrogen-bond acceptors (Lipinski definition) is 7. The van der Waals surface area contributed by atoms with Gasteiger partial charge in [0.05, 0.1) is 30.0 Å². The summed E-state index contributed by atoms with van der Waals surface area (Å²) in [6.45, 7) is 5.30. The summed E-state index contributed by atoms with van der Waals surface area (Å²) in [5.41, 5.74) is 1.14. The van der Waals surface area contributed by atoms with Crippen LogP contribution in [0.15, 0.2) is 53.8 Å². The molecule has 0 unspecified atom stereocenters. The first-order valence-corrected chi connectivity index (χ1v) is 11.2. The summed E-state index contributed by atoms with van der Waals surface area (Å²) in [5, 5.41) is 12.5. The van der Waals surface area contributed by atoms with Crippen molar-refractivity contribution in [3.8, 4) is 0 Å². The van der Waals surface area contributed by atoms with E-state index in [-0.39, 0.29) is 5.91 Å². The predicted molar refractivity (Wildman–Crippen MR) is 122 cm³/mol. The smallest absolute Gasteiger partial charge is 0.238 e. The summed E-state index contributed by atoms with van der Waals surface area (Å²) >= 11 is 7.23. The van der Waals surface area contributed by atoms with Crippen LogP contribution in [-0.4, -0.2) is 57.2 Å². The number of nitrogens with zero attached hydrogens (tertiary/aromatic N) is 5. The topological polar surface area (TPSA) is 85.2 Å². The van der Waals surface area contributed by atoms with E-state index >= 15 is 0 Å². The highest BCUT2D eigenvalue weighted by molar-refractivity contribution is 8.00. The number of morpholine rings is 1. The van der Waals surface area contributed by atoms with Gasteiger partial charge in [0.25, 0.3) is 0 Å². The molecular formula is C21H23ClN6O2S. The summed E-state index contributed by atoms with van der Waals surface area (Å²) in [6, 6.07) is 13.5. The number of thioether (sulfide) groups is 1. The number of rotatable bonds is 7. The molecule has 2 aromatic heterocycles. The molecule has 1 aliphatic rings. The lowest BCUT2D eigenvalue weighted by Gasteiger charge is -2.28. The van der Waals surface area contributed by atoms with Crippen molar-refractivity contribution in [2.24, 2.45) is 0 Å². The molecule has 1 saturated heterocycles. The van der Waals surface area contributed by atoms with Crippen LogP contribution in [0.3, 0.4) is 0 Å². The highest BCUT2D eigenvalue weighted by Crippen LogP contribution is 2.28. The Labute approximate surface area is 190 Å². The lowest BCUT2D eigenvalue weighted by atomic mass is 10.2. The Morgan fingerprint density at radius 2 is 1.97 bits per heavy atom. The van der Waals surface area contributed by atoms with Crippen LogP contribution in [0.5, 0.6) is 0 Å². The molecule has 0 saturated carbocycles. The van der Waals surface area contributed by atoms with E-state index in [1.54, 1.807) is 12.1 Å². The Balaban J connectivity index is 1.52. The van der Waals surface area contributed by atoms with Crippen molar-refractivity contribution >= 4 is 41.0 Å². The fourth-order valence-electron chi connectivity index (χ4n) is 3.16. The van der Waals surface area contributed by atoms with E-state index in [0.29, 0.717) is 35.8 Å².